The van der Waals surface area contributed by atoms with E-state index in [0.717, 1.165) is 73.5 Å². The maximum Gasteiger partial charge on any atom is 0.316 e. The molecule has 8 heteroatoms. The molecular weight excluding hydrogens is 536 g/mol. The zero-order valence-corrected chi connectivity index (χ0v) is 24.6. The Labute approximate surface area is 230 Å². The quantitative estimate of drug-likeness (QED) is 0.324. The van der Waals surface area contributed by atoms with Crippen LogP contribution in [0.4, 0.5) is 0 Å². The van der Waals surface area contributed by atoms with Crippen LogP contribution in [-0.4, -0.2) is 76.9 Å². The van der Waals surface area contributed by atoms with Gasteiger partial charge < -0.3 is 23.8 Å². The molecular formula is C29H41BrN2O5. The smallest absolute Gasteiger partial charge is 0.316 e. The number of methoxy groups -OCH3 is 4. The maximum atomic E-state index is 13.1. The third-order valence-corrected chi connectivity index (χ3v) is 8.11. The first-order chi connectivity index (χ1) is 17.8. The Bertz CT molecular complexity index is 1020. The number of carbonyl (C=O) groups is 1. The van der Waals surface area contributed by atoms with Crippen LogP contribution in [0, 0.1) is 5.92 Å². The summed E-state index contributed by atoms with van der Waals surface area (Å²) in [6.07, 6.45) is 1.68. The molecule has 204 valence electrons. The lowest BCUT2D eigenvalue weighted by Crippen LogP contribution is -2.47. The molecule has 3 rings (SSSR count). The summed E-state index contributed by atoms with van der Waals surface area (Å²) in [6, 6.07) is 12.1. The minimum Gasteiger partial charge on any atom is -0.493 e. The van der Waals surface area contributed by atoms with Gasteiger partial charge >= 0.3 is 5.97 Å². The first-order valence-corrected chi connectivity index (χ1v) is 13.7. The van der Waals surface area contributed by atoms with Crippen molar-refractivity contribution in [3.63, 3.8) is 0 Å². The maximum absolute atomic E-state index is 13.1. The monoisotopic (exact) mass is 576 g/mol. The van der Waals surface area contributed by atoms with E-state index in [-0.39, 0.29) is 11.9 Å². The average molecular weight is 578 g/mol. The number of hydrogen-bond acceptors (Lipinski definition) is 7. The minimum absolute atomic E-state index is 0.120. The van der Waals surface area contributed by atoms with Gasteiger partial charge in [0.15, 0.2) is 11.5 Å². The van der Waals surface area contributed by atoms with Gasteiger partial charge in [0.25, 0.3) is 0 Å². The molecule has 0 N–H and O–H groups in total. The first-order valence-electron chi connectivity index (χ1n) is 12.9. The Balaban J connectivity index is 1.60. The number of esters is 1. The highest BCUT2D eigenvalue weighted by atomic mass is 79.9. The summed E-state index contributed by atoms with van der Waals surface area (Å²) in [6.45, 7) is 9.88. The average Bonchev–Trinajstić information content (AvgIpc) is 2.91. The number of carbonyl (C=O) groups excluding carboxylic acids is 1. The van der Waals surface area contributed by atoms with Gasteiger partial charge in [-0.3, -0.25) is 9.69 Å². The van der Waals surface area contributed by atoms with Crippen LogP contribution < -0.4 is 14.2 Å². The second kappa shape index (κ2) is 13.5. The van der Waals surface area contributed by atoms with Crippen LogP contribution in [-0.2, 0) is 21.5 Å². The number of hydrogen-bond donors (Lipinski definition) is 0. The van der Waals surface area contributed by atoms with Gasteiger partial charge in [0, 0.05) is 42.8 Å². The molecule has 1 atom stereocenters. The lowest BCUT2D eigenvalue weighted by Gasteiger charge is -2.38. The van der Waals surface area contributed by atoms with Crippen molar-refractivity contribution in [2.45, 2.75) is 38.6 Å². The fraction of sp³-hybridized carbons (Fsp3) is 0.552. The number of benzene rings is 2. The Morgan fingerprint density at radius 1 is 0.892 bits per heavy atom. The summed E-state index contributed by atoms with van der Waals surface area (Å²) in [7, 11) is 6.42. The van der Waals surface area contributed by atoms with Crippen LogP contribution in [0.3, 0.4) is 0 Å². The van der Waals surface area contributed by atoms with E-state index in [0.29, 0.717) is 11.5 Å². The second-order valence-electron chi connectivity index (χ2n) is 9.84. The molecule has 7 nitrogen and oxygen atoms in total. The normalized spacial score (nSPS) is 16.3. The van der Waals surface area contributed by atoms with E-state index in [1.165, 1.54) is 7.11 Å². The standard InChI is InChI=1S/C29H41BrN2O5/c1-21(2)29(28(33)37-6,23-9-11-24(30)12-10-23)14-7-15-31-16-18-32(19-17-31)20-22-8-13-25(34-3)27(36-5)26(22)35-4/h8-13,21H,7,14-20H2,1-6H3. The molecule has 1 aliphatic rings. The van der Waals surface area contributed by atoms with Crippen LogP contribution in [0.1, 0.15) is 37.8 Å². The minimum atomic E-state index is -0.652. The Kier molecular flexibility index (Phi) is 10.7. The molecule has 2 aromatic rings. The van der Waals surface area contributed by atoms with Gasteiger partial charge in [-0.05, 0) is 49.1 Å². The molecule has 37 heavy (non-hydrogen) atoms. The van der Waals surface area contributed by atoms with Crippen molar-refractivity contribution in [2.24, 2.45) is 5.92 Å². The fourth-order valence-corrected chi connectivity index (χ4v) is 5.70. The molecule has 0 radical (unpaired) electrons. The summed E-state index contributed by atoms with van der Waals surface area (Å²) in [5, 5.41) is 0. The second-order valence-corrected chi connectivity index (χ2v) is 10.8. The van der Waals surface area contributed by atoms with Crippen LogP contribution in [0.15, 0.2) is 40.9 Å². The Morgan fingerprint density at radius 3 is 2.05 bits per heavy atom. The molecule has 0 aliphatic carbocycles. The Morgan fingerprint density at radius 2 is 1.51 bits per heavy atom. The molecule has 1 heterocycles. The SMILES string of the molecule is COC(=O)C(CCCN1CCN(Cc2ccc(OC)c(OC)c2OC)CC1)(c1ccc(Br)cc1)C(C)C. The molecule has 1 saturated heterocycles. The zero-order valence-electron chi connectivity index (χ0n) is 23.0. The molecule has 0 aromatic heterocycles. The lowest BCUT2D eigenvalue weighted by atomic mass is 9.68. The van der Waals surface area contributed by atoms with E-state index >= 15 is 0 Å². The first kappa shape index (κ1) is 29.3. The van der Waals surface area contributed by atoms with E-state index < -0.39 is 5.41 Å². The fourth-order valence-electron chi connectivity index (χ4n) is 5.43. The van der Waals surface area contributed by atoms with E-state index in [1.807, 2.05) is 36.4 Å². The topological polar surface area (TPSA) is 60.5 Å². The van der Waals surface area contributed by atoms with Crippen molar-refractivity contribution in [3.8, 4) is 17.2 Å². The number of halogens is 1. The number of rotatable bonds is 12. The molecule has 1 unspecified atom stereocenters. The third kappa shape index (κ3) is 6.59. The number of piperazine rings is 1. The van der Waals surface area contributed by atoms with Gasteiger partial charge in [0.05, 0.1) is 33.9 Å². The molecule has 0 amide bonds. The predicted octanol–water partition coefficient (Wildman–Crippen LogP) is 5.14. The van der Waals surface area contributed by atoms with Crippen LogP contribution in [0.5, 0.6) is 17.2 Å². The Hall–Kier alpha value is -2.29. The molecule has 2 aromatic carbocycles. The van der Waals surface area contributed by atoms with E-state index in [1.54, 1.807) is 21.3 Å². The van der Waals surface area contributed by atoms with E-state index in [2.05, 4.69) is 39.6 Å². The van der Waals surface area contributed by atoms with Crippen molar-refractivity contribution >= 4 is 21.9 Å². The van der Waals surface area contributed by atoms with Crippen LogP contribution in [0.2, 0.25) is 0 Å². The molecule has 0 bridgehead atoms. The van der Waals surface area contributed by atoms with Crippen LogP contribution >= 0.6 is 15.9 Å². The highest BCUT2D eigenvalue weighted by Gasteiger charge is 2.44. The summed E-state index contributed by atoms with van der Waals surface area (Å²) in [5.41, 5.74) is 1.45. The summed E-state index contributed by atoms with van der Waals surface area (Å²) < 4.78 is 23.0. The summed E-state index contributed by atoms with van der Waals surface area (Å²) >= 11 is 3.51. The predicted molar refractivity (Wildman–Crippen MR) is 150 cm³/mol. The van der Waals surface area contributed by atoms with E-state index in [9.17, 15) is 4.79 Å². The van der Waals surface area contributed by atoms with Gasteiger partial charge in [0.2, 0.25) is 5.75 Å². The molecule has 0 saturated carbocycles. The van der Waals surface area contributed by atoms with Crippen LogP contribution in [0.25, 0.3) is 0 Å². The van der Waals surface area contributed by atoms with Crippen molar-refractivity contribution in [1.29, 1.82) is 0 Å². The van der Waals surface area contributed by atoms with Crippen molar-refractivity contribution in [2.75, 3.05) is 61.2 Å². The van der Waals surface area contributed by atoms with Gasteiger partial charge in [-0.25, -0.2) is 0 Å². The molecule has 0 spiro atoms. The highest BCUT2D eigenvalue weighted by molar-refractivity contribution is 9.10. The molecule has 1 aliphatic heterocycles. The van der Waals surface area contributed by atoms with Gasteiger partial charge in [-0.15, -0.1) is 0 Å². The van der Waals surface area contributed by atoms with Gasteiger partial charge in [0.1, 0.15) is 0 Å². The van der Waals surface area contributed by atoms with Crippen molar-refractivity contribution < 1.29 is 23.7 Å². The number of nitrogens with zero attached hydrogens (tertiary/aromatic N) is 2. The highest BCUT2D eigenvalue weighted by Crippen LogP contribution is 2.41. The van der Waals surface area contributed by atoms with E-state index in [4.69, 9.17) is 18.9 Å². The lowest BCUT2D eigenvalue weighted by molar-refractivity contribution is -0.150. The summed E-state index contributed by atoms with van der Waals surface area (Å²) in [5.74, 6) is 1.99. The third-order valence-electron chi connectivity index (χ3n) is 7.58. The van der Waals surface area contributed by atoms with Crippen molar-refractivity contribution in [1.82, 2.24) is 9.80 Å². The van der Waals surface area contributed by atoms with Gasteiger partial charge in [-0.1, -0.05) is 48.0 Å². The number of ether oxygens (including phenoxy) is 4. The summed E-state index contributed by atoms with van der Waals surface area (Å²) in [4.78, 5) is 18.0. The molecule has 1 fully saturated rings. The van der Waals surface area contributed by atoms with Crippen molar-refractivity contribution in [3.05, 3.63) is 52.0 Å². The largest absolute Gasteiger partial charge is 0.493 e. The zero-order chi connectivity index (χ0) is 27.0. The van der Waals surface area contributed by atoms with Gasteiger partial charge in [-0.2, -0.15) is 0 Å².